The lowest BCUT2D eigenvalue weighted by Gasteiger charge is -2.14. The molecule has 0 spiro atoms. The number of rotatable bonds is 7. The van der Waals surface area contributed by atoms with Crippen LogP contribution in [0.15, 0.2) is 82.8 Å². The minimum atomic E-state index is -0.452. The average Bonchev–Trinajstić information content (AvgIpc) is 3.09. The Morgan fingerprint density at radius 1 is 0.938 bits per heavy atom. The fourth-order valence-electron chi connectivity index (χ4n) is 3.23. The van der Waals surface area contributed by atoms with Crippen molar-refractivity contribution in [3.8, 4) is 11.5 Å². The van der Waals surface area contributed by atoms with Crippen LogP contribution in [0, 0.1) is 0 Å². The monoisotopic (exact) mass is 492 g/mol. The summed E-state index contributed by atoms with van der Waals surface area (Å²) in [6.45, 7) is 2.73. The maximum Gasteiger partial charge on any atom is 0.282 e. The number of ether oxygens (including phenoxy) is 2. The molecular weight excluding hydrogens is 472 g/mol. The molecule has 1 aliphatic heterocycles. The minimum Gasteiger partial charge on any atom is -0.490 e. The summed E-state index contributed by atoms with van der Waals surface area (Å²) in [7, 11) is 0. The molecule has 1 fully saturated rings. The molecule has 0 radical (unpaired) electrons. The Morgan fingerprint density at radius 2 is 1.69 bits per heavy atom. The van der Waals surface area contributed by atoms with Gasteiger partial charge in [-0.05, 0) is 60.5 Å². The normalized spacial score (nSPS) is 14.6. The number of nitrogens with one attached hydrogen (secondary N) is 1. The Kier molecular flexibility index (Phi) is 6.56. The lowest BCUT2D eigenvalue weighted by molar-refractivity contribution is -0.117. The van der Waals surface area contributed by atoms with E-state index in [4.69, 9.17) is 9.47 Å². The third-order valence-corrected chi connectivity index (χ3v) is 5.32. The molecule has 0 unspecified atom stereocenters. The van der Waals surface area contributed by atoms with Crippen LogP contribution in [0.2, 0.25) is 0 Å². The average molecular weight is 493 g/mol. The van der Waals surface area contributed by atoms with Crippen LogP contribution in [0.3, 0.4) is 0 Å². The van der Waals surface area contributed by atoms with Gasteiger partial charge in [-0.15, -0.1) is 0 Å². The van der Waals surface area contributed by atoms with Gasteiger partial charge < -0.3 is 9.47 Å². The first-order valence-corrected chi connectivity index (χ1v) is 10.9. The van der Waals surface area contributed by atoms with E-state index in [0.29, 0.717) is 36.0 Å². The van der Waals surface area contributed by atoms with Crippen LogP contribution in [-0.2, 0) is 16.2 Å². The second-order valence-corrected chi connectivity index (χ2v) is 7.95. The van der Waals surface area contributed by atoms with Crippen LogP contribution in [0.1, 0.15) is 18.1 Å². The van der Waals surface area contributed by atoms with E-state index in [-0.39, 0.29) is 5.57 Å². The smallest absolute Gasteiger partial charge is 0.282 e. The molecule has 32 heavy (non-hydrogen) atoms. The van der Waals surface area contributed by atoms with Crippen LogP contribution in [0.4, 0.5) is 5.69 Å². The number of amides is 2. The van der Waals surface area contributed by atoms with Crippen LogP contribution in [0.25, 0.3) is 6.08 Å². The van der Waals surface area contributed by atoms with Crippen molar-refractivity contribution in [1.82, 2.24) is 5.43 Å². The number of nitrogens with zero attached hydrogens (tertiary/aromatic N) is 1. The van der Waals surface area contributed by atoms with Gasteiger partial charge in [0.2, 0.25) is 0 Å². The Bertz CT molecular complexity index is 1160. The molecule has 0 aromatic heterocycles. The second-order valence-electron chi connectivity index (χ2n) is 7.03. The van der Waals surface area contributed by atoms with E-state index in [1.54, 1.807) is 48.5 Å². The second kappa shape index (κ2) is 9.70. The first-order valence-electron chi connectivity index (χ1n) is 10.1. The molecular formula is C25H21BrN2O4. The third kappa shape index (κ3) is 4.84. The van der Waals surface area contributed by atoms with E-state index in [2.05, 4.69) is 21.4 Å². The van der Waals surface area contributed by atoms with E-state index in [1.807, 2.05) is 37.3 Å². The van der Waals surface area contributed by atoms with Crippen molar-refractivity contribution in [2.75, 3.05) is 11.6 Å². The molecule has 0 bridgehead atoms. The van der Waals surface area contributed by atoms with Gasteiger partial charge in [0.05, 0.1) is 12.3 Å². The minimum absolute atomic E-state index is 0.0554. The van der Waals surface area contributed by atoms with Crippen molar-refractivity contribution in [2.24, 2.45) is 0 Å². The zero-order valence-electron chi connectivity index (χ0n) is 17.4. The van der Waals surface area contributed by atoms with Gasteiger partial charge in [-0.2, -0.15) is 0 Å². The molecule has 4 rings (SSSR count). The van der Waals surface area contributed by atoms with E-state index < -0.39 is 11.8 Å². The van der Waals surface area contributed by atoms with Crippen molar-refractivity contribution in [2.45, 2.75) is 13.5 Å². The lowest BCUT2D eigenvalue weighted by atomic mass is 10.1. The fraction of sp³-hybridized carbons (Fsp3) is 0.120. The molecule has 1 aliphatic rings. The van der Waals surface area contributed by atoms with Gasteiger partial charge in [-0.3, -0.25) is 15.0 Å². The molecule has 3 aromatic rings. The number of carbonyl (C=O) groups excluding carboxylic acids is 2. The predicted octanol–water partition coefficient (Wildman–Crippen LogP) is 4.89. The maximum atomic E-state index is 12.8. The summed E-state index contributed by atoms with van der Waals surface area (Å²) >= 11 is 3.42. The molecule has 3 aromatic carbocycles. The first-order chi connectivity index (χ1) is 15.5. The molecule has 0 atom stereocenters. The molecule has 1 heterocycles. The molecule has 162 valence electrons. The van der Waals surface area contributed by atoms with Gasteiger partial charge in [0.1, 0.15) is 12.2 Å². The SMILES string of the molecule is CCOc1cc(/C=C2/C(=O)NN(c3ccccc3)C2=O)ccc1OCc1ccc(Br)cc1. The Morgan fingerprint density at radius 3 is 2.41 bits per heavy atom. The standard InChI is InChI=1S/C25H21BrN2O4/c1-2-31-23-15-18(10-13-22(23)32-16-17-8-11-19(26)12-9-17)14-21-24(29)27-28(25(21)30)20-6-4-3-5-7-20/h3-15H,2,16H2,1H3,(H,27,29)/b21-14-. The number of carbonyl (C=O) groups is 2. The molecule has 1 saturated heterocycles. The van der Waals surface area contributed by atoms with Gasteiger partial charge in [0.25, 0.3) is 11.8 Å². The van der Waals surface area contributed by atoms with Crippen LogP contribution >= 0.6 is 15.9 Å². The Hall–Kier alpha value is -3.58. The Labute approximate surface area is 194 Å². The summed E-state index contributed by atoms with van der Waals surface area (Å²) in [5, 5.41) is 1.24. The van der Waals surface area contributed by atoms with Crippen molar-refractivity contribution < 1.29 is 19.1 Å². The van der Waals surface area contributed by atoms with Gasteiger partial charge >= 0.3 is 0 Å². The molecule has 1 N–H and O–H groups in total. The summed E-state index contributed by atoms with van der Waals surface area (Å²) in [5.41, 5.74) is 4.94. The number of para-hydroxylation sites is 1. The molecule has 6 nitrogen and oxygen atoms in total. The van der Waals surface area contributed by atoms with Gasteiger partial charge in [0.15, 0.2) is 11.5 Å². The number of halogens is 1. The van der Waals surface area contributed by atoms with Crippen LogP contribution < -0.4 is 19.9 Å². The van der Waals surface area contributed by atoms with E-state index in [0.717, 1.165) is 10.0 Å². The number of benzene rings is 3. The highest BCUT2D eigenvalue weighted by atomic mass is 79.9. The topological polar surface area (TPSA) is 67.9 Å². The third-order valence-electron chi connectivity index (χ3n) is 4.79. The zero-order chi connectivity index (χ0) is 22.5. The summed E-state index contributed by atoms with van der Waals surface area (Å²) in [6, 6.07) is 22.2. The van der Waals surface area contributed by atoms with Crippen molar-refractivity contribution >= 4 is 39.5 Å². The van der Waals surface area contributed by atoms with Gasteiger partial charge in [-0.1, -0.05) is 52.3 Å². The largest absolute Gasteiger partial charge is 0.490 e. The van der Waals surface area contributed by atoms with Crippen molar-refractivity contribution in [3.05, 3.63) is 94.0 Å². The van der Waals surface area contributed by atoms with E-state index in [9.17, 15) is 9.59 Å². The summed E-state index contributed by atoms with van der Waals surface area (Å²) in [5.74, 6) is 0.275. The number of hydrogen-bond donors (Lipinski definition) is 1. The molecule has 2 amide bonds. The Balaban J connectivity index is 1.55. The quantitative estimate of drug-likeness (QED) is 0.376. The van der Waals surface area contributed by atoms with Crippen LogP contribution in [-0.4, -0.2) is 18.4 Å². The number of anilines is 1. The van der Waals surface area contributed by atoms with Crippen molar-refractivity contribution in [3.63, 3.8) is 0 Å². The lowest BCUT2D eigenvalue weighted by Crippen LogP contribution is -2.35. The van der Waals surface area contributed by atoms with Crippen molar-refractivity contribution in [1.29, 1.82) is 0 Å². The summed E-state index contributed by atoms with van der Waals surface area (Å²) < 4.78 is 12.7. The van der Waals surface area contributed by atoms with E-state index >= 15 is 0 Å². The van der Waals surface area contributed by atoms with Crippen LogP contribution in [0.5, 0.6) is 11.5 Å². The maximum absolute atomic E-state index is 12.8. The van der Waals surface area contributed by atoms with E-state index in [1.165, 1.54) is 5.01 Å². The number of hydrazine groups is 1. The highest BCUT2D eigenvalue weighted by Gasteiger charge is 2.34. The summed E-state index contributed by atoms with van der Waals surface area (Å²) in [6.07, 6.45) is 1.56. The highest BCUT2D eigenvalue weighted by molar-refractivity contribution is 9.10. The predicted molar refractivity (Wildman–Crippen MR) is 126 cm³/mol. The fourth-order valence-corrected chi connectivity index (χ4v) is 3.49. The molecule has 7 heteroatoms. The number of hydrogen-bond acceptors (Lipinski definition) is 4. The molecule has 0 saturated carbocycles. The first kappa shape index (κ1) is 21.6. The highest BCUT2D eigenvalue weighted by Crippen LogP contribution is 2.31. The van der Waals surface area contributed by atoms with Gasteiger partial charge in [0, 0.05) is 4.47 Å². The van der Waals surface area contributed by atoms with Gasteiger partial charge in [-0.25, -0.2) is 5.01 Å². The summed E-state index contributed by atoms with van der Waals surface area (Å²) in [4.78, 5) is 25.2. The zero-order valence-corrected chi connectivity index (χ0v) is 19.0. The molecule has 0 aliphatic carbocycles.